The second-order valence-electron chi connectivity index (χ2n) is 4.58. The van der Waals surface area contributed by atoms with E-state index < -0.39 is 0 Å². The van der Waals surface area contributed by atoms with Gasteiger partial charge < -0.3 is 6.92 Å². The first kappa shape index (κ1) is 15.1. The third-order valence-electron chi connectivity index (χ3n) is 1.93. The molecular formula is C11H23Li. The van der Waals surface area contributed by atoms with Crippen molar-refractivity contribution in [2.24, 2.45) is 5.41 Å². The summed E-state index contributed by atoms with van der Waals surface area (Å²) in [5.41, 5.74) is 0.532. The van der Waals surface area contributed by atoms with Crippen molar-refractivity contribution in [3.63, 3.8) is 0 Å². The third-order valence-corrected chi connectivity index (χ3v) is 1.93. The first-order chi connectivity index (χ1) is 5.06. The molecule has 0 aliphatic heterocycles. The Kier molecular flexibility index (Phi) is 10.3. The van der Waals surface area contributed by atoms with Gasteiger partial charge in [-0.1, -0.05) is 46.5 Å². The van der Waals surface area contributed by atoms with Gasteiger partial charge >= 0.3 is 18.9 Å². The predicted molar refractivity (Wildman–Crippen MR) is 52.5 cm³/mol. The molecule has 0 aromatic carbocycles. The minimum absolute atomic E-state index is 0. The molecule has 68 valence electrons. The summed E-state index contributed by atoms with van der Waals surface area (Å²) >= 11 is 0. The van der Waals surface area contributed by atoms with Gasteiger partial charge in [-0.25, -0.2) is 0 Å². The molecule has 0 nitrogen and oxygen atoms in total. The zero-order valence-electron chi connectivity index (χ0n) is 9.45. The summed E-state index contributed by atoms with van der Waals surface area (Å²) in [6, 6.07) is 0. The van der Waals surface area contributed by atoms with Gasteiger partial charge in [0.15, 0.2) is 0 Å². The molecule has 1 heteroatoms. The van der Waals surface area contributed by atoms with E-state index in [1.54, 1.807) is 0 Å². The van der Waals surface area contributed by atoms with Crippen molar-refractivity contribution in [3.8, 4) is 0 Å². The third kappa shape index (κ3) is 13.2. The van der Waals surface area contributed by atoms with Crippen LogP contribution in [0.4, 0.5) is 0 Å². The molecule has 0 bridgehead atoms. The van der Waals surface area contributed by atoms with E-state index in [0.29, 0.717) is 5.41 Å². The molecule has 0 saturated carbocycles. The molecule has 0 radical (unpaired) electrons. The molecular weight excluding hydrogens is 139 g/mol. The van der Waals surface area contributed by atoms with Crippen LogP contribution in [0.3, 0.4) is 0 Å². The topological polar surface area (TPSA) is 0 Å². The number of hydrogen-bond acceptors (Lipinski definition) is 0. The zero-order chi connectivity index (χ0) is 8.74. The van der Waals surface area contributed by atoms with Gasteiger partial charge in [0.25, 0.3) is 0 Å². The van der Waals surface area contributed by atoms with Crippen LogP contribution in [0.15, 0.2) is 0 Å². The predicted octanol–water partition coefficient (Wildman–Crippen LogP) is 1.21. The number of hydrogen-bond donors (Lipinski definition) is 0. The van der Waals surface area contributed by atoms with E-state index in [9.17, 15) is 0 Å². The van der Waals surface area contributed by atoms with Gasteiger partial charge in [0, 0.05) is 0 Å². The molecule has 0 fully saturated rings. The summed E-state index contributed by atoms with van der Waals surface area (Å²) in [5.74, 6) is 0. The molecule has 0 aliphatic carbocycles. The van der Waals surface area contributed by atoms with Crippen molar-refractivity contribution >= 4 is 0 Å². The number of rotatable bonds is 5. The summed E-state index contributed by atoms with van der Waals surface area (Å²) in [4.78, 5) is 0. The average Bonchev–Trinajstić information content (AvgIpc) is 1.85. The summed E-state index contributed by atoms with van der Waals surface area (Å²) in [7, 11) is 0. The minimum Gasteiger partial charge on any atom is -0.343 e. The molecule has 0 aromatic heterocycles. The summed E-state index contributed by atoms with van der Waals surface area (Å²) in [5, 5.41) is 0. The molecule has 0 amide bonds. The standard InChI is InChI=1S/C11H23.Li/c1-5-6-7-8-9-10-11(2,3)4;/h1,5-10H2,2-4H3;/q-1;+1. The SMILES string of the molecule is [CH2-]CCCCCCC(C)(C)C.[Li+]. The van der Waals surface area contributed by atoms with Crippen LogP contribution in [0.5, 0.6) is 0 Å². The minimum atomic E-state index is 0. The van der Waals surface area contributed by atoms with Crippen LogP contribution in [0, 0.1) is 12.3 Å². The van der Waals surface area contributed by atoms with Gasteiger partial charge in [0.2, 0.25) is 0 Å². The Bertz CT molecular complexity index is 81.5. The van der Waals surface area contributed by atoms with Crippen LogP contribution in [0.1, 0.15) is 59.3 Å². The Labute approximate surface area is 90.7 Å². The van der Waals surface area contributed by atoms with E-state index >= 15 is 0 Å². The second-order valence-corrected chi connectivity index (χ2v) is 4.58. The van der Waals surface area contributed by atoms with Crippen LogP contribution in [0.2, 0.25) is 0 Å². The van der Waals surface area contributed by atoms with Gasteiger partial charge in [-0.2, -0.15) is 6.42 Å². The first-order valence-electron chi connectivity index (χ1n) is 4.85. The van der Waals surface area contributed by atoms with Crippen LogP contribution >= 0.6 is 0 Å². The Hall–Kier alpha value is 0.597. The maximum absolute atomic E-state index is 3.83. The summed E-state index contributed by atoms with van der Waals surface area (Å²) < 4.78 is 0. The van der Waals surface area contributed by atoms with Gasteiger partial charge in [-0.3, -0.25) is 0 Å². The van der Waals surface area contributed by atoms with E-state index in [2.05, 4.69) is 27.7 Å². The van der Waals surface area contributed by atoms with E-state index in [0.717, 1.165) is 6.42 Å². The molecule has 0 rings (SSSR count). The zero-order valence-corrected chi connectivity index (χ0v) is 9.45. The van der Waals surface area contributed by atoms with E-state index in [1.165, 1.54) is 32.1 Å². The Morgan fingerprint density at radius 3 is 1.83 bits per heavy atom. The summed E-state index contributed by atoms with van der Waals surface area (Å²) in [6.07, 6.45) is 7.94. The number of unbranched alkanes of at least 4 members (excludes halogenated alkanes) is 4. The smallest absolute Gasteiger partial charge is 0.343 e. The largest absolute Gasteiger partial charge is 1.00 e. The van der Waals surface area contributed by atoms with Gasteiger partial charge in [-0.15, -0.1) is 0 Å². The monoisotopic (exact) mass is 162 g/mol. The van der Waals surface area contributed by atoms with E-state index in [1.807, 2.05) is 0 Å². The molecule has 0 unspecified atom stereocenters. The molecule has 0 saturated heterocycles. The molecule has 0 heterocycles. The fraction of sp³-hybridized carbons (Fsp3) is 0.909. The van der Waals surface area contributed by atoms with Crippen molar-refractivity contribution in [3.05, 3.63) is 6.92 Å². The quantitative estimate of drug-likeness (QED) is 0.324. The van der Waals surface area contributed by atoms with Crippen molar-refractivity contribution in [1.29, 1.82) is 0 Å². The van der Waals surface area contributed by atoms with Gasteiger partial charge in [0.05, 0.1) is 0 Å². The molecule has 0 N–H and O–H groups in total. The Balaban J connectivity index is 0. The molecule has 12 heavy (non-hydrogen) atoms. The first-order valence-corrected chi connectivity index (χ1v) is 4.85. The van der Waals surface area contributed by atoms with Crippen molar-refractivity contribution in [2.75, 3.05) is 0 Å². The maximum atomic E-state index is 3.83. The molecule has 0 aliphatic rings. The van der Waals surface area contributed by atoms with Crippen LogP contribution in [0.25, 0.3) is 0 Å². The molecule has 0 atom stereocenters. The van der Waals surface area contributed by atoms with Gasteiger partial charge in [-0.05, 0) is 11.8 Å². The van der Waals surface area contributed by atoms with Crippen molar-refractivity contribution in [2.45, 2.75) is 59.3 Å². The van der Waals surface area contributed by atoms with Crippen LogP contribution in [-0.4, -0.2) is 0 Å². The van der Waals surface area contributed by atoms with E-state index in [4.69, 9.17) is 0 Å². The Morgan fingerprint density at radius 1 is 0.917 bits per heavy atom. The van der Waals surface area contributed by atoms with E-state index in [-0.39, 0.29) is 18.9 Å². The normalized spacial score (nSPS) is 11.0. The van der Waals surface area contributed by atoms with Gasteiger partial charge in [0.1, 0.15) is 0 Å². The van der Waals surface area contributed by atoms with Crippen LogP contribution in [-0.2, 0) is 0 Å². The van der Waals surface area contributed by atoms with Crippen molar-refractivity contribution in [1.82, 2.24) is 0 Å². The fourth-order valence-electron chi connectivity index (χ4n) is 1.19. The maximum Gasteiger partial charge on any atom is 1.00 e. The fourth-order valence-corrected chi connectivity index (χ4v) is 1.19. The van der Waals surface area contributed by atoms with Crippen molar-refractivity contribution < 1.29 is 18.9 Å². The molecule has 0 spiro atoms. The van der Waals surface area contributed by atoms with Crippen LogP contribution < -0.4 is 18.9 Å². The average molecular weight is 162 g/mol. The second kappa shape index (κ2) is 8.21. The summed E-state index contributed by atoms with van der Waals surface area (Å²) in [6.45, 7) is 10.8. The Morgan fingerprint density at radius 2 is 1.42 bits per heavy atom. The molecule has 0 aromatic rings.